The molecule has 4 aromatic rings. The van der Waals surface area contributed by atoms with Crippen molar-refractivity contribution in [2.45, 2.75) is 11.0 Å². The molecule has 0 N–H and O–H groups in total. The van der Waals surface area contributed by atoms with Crippen molar-refractivity contribution in [3.63, 3.8) is 0 Å². The third-order valence-corrected chi connectivity index (χ3v) is 4.32. The molecule has 0 bridgehead atoms. The summed E-state index contributed by atoms with van der Waals surface area (Å²) in [6, 6.07) is 11.4. The molecule has 0 saturated carbocycles. The van der Waals surface area contributed by atoms with Gasteiger partial charge in [-0.15, -0.1) is 20.4 Å². The van der Waals surface area contributed by atoms with Crippen molar-refractivity contribution in [1.29, 1.82) is 0 Å². The lowest BCUT2D eigenvalue weighted by atomic mass is 10.2. The lowest BCUT2D eigenvalue weighted by Gasteiger charge is -1.98. The fourth-order valence-corrected chi connectivity index (χ4v) is 3.03. The molecule has 0 radical (unpaired) electrons. The Labute approximate surface area is 140 Å². The second-order valence-electron chi connectivity index (χ2n) is 4.81. The van der Waals surface area contributed by atoms with E-state index in [-0.39, 0.29) is 0 Å². The van der Waals surface area contributed by atoms with Crippen LogP contribution in [0.5, 0.6) is 0 Å². The van der Waals surface area contributed by atoms with E-state index in [0.717, 1.165) is 21.8 Å². The zero-order valence-corrected chi connectivity index (χ0v) is 13.3. The first kappa shape index (κ1) is 14.2. The number of aromatic nitrogens is 5. The minimum atomic E-state index is 0.467. The van der Waals surface area contributed by atoms with E-state index in [1.54, 1.807) is 10.7 Å². The highest BCUT2D eigenvalue weighted by Gasteiger charge is 2.10. The zero-order chi connectivity index (χ0) is 15.6. The first-order chi connectivity index (χ1) is 11.3. The highest BCUT2D eigenvalue weighted by molar-refractivity contribution is 7.98. The Bertz CT molecular complexity index is 967. The molecule has 1 aromatic carbocycles. The fourth-order valence-electron chi connectivity index (χ4n) is 2.11. The van der Waals surface area contributed by atoms with Crippen LogP contribution in [-0.2, 0) is 5.75 Å². The lowest BCUT2D eigenvalue weighted by molar-refractivity contribution is 0.465. The number of halogens is 1. The minimum Gasteiger partial charge on any atom is -0.411 e. The summed E-state index contributed by atoms with van der Waals surface area (Å²) in [5.74, 6) is 1.18. The predicted octanol–water partition coefficient (Wildman–Crippen LogP) is 3.73. The Kier molecular flexibility index (Phi) is 3.72. The molecule has 3 aromatic heterocycles. The van der Waals surface area contributed by atoms with Gasteiger partial charge in [0.2, 0.25) is 5.89 Å². The maximum absolute atomic E-state index is 5.98. The van der Waals surface area contributed by atoms with Crippen molar-refractivity contribution in [3.8, 4) is 11.5 Å². The van der Waals surface area contributed by atoms with E-state index in [4.69, 9.17) is 16.0 Å². The number of nitrogens with zero attached hydrogens (tertiary/aromatic N) is 5. The van der Waals surface area contributed by atoms with Gasteiger partial charge in [0, 0.05) is 17.0 Å². The van der Waals surface area contributed by atoms with Gasteiger partial charge >= 0.3 is 0 Å². The average Bonchev–Trinajstić information content (AvgIpc) is 3.21. The maximum Gasteiger partial charge on any atom is 0.277 e. The number of fused-ring (bicyclic) bond motifs is 1. The van der Waals surface area contributed by atoms with E-state index >= 15 is 0 Å². The number of rotatable bonds is 4. The number of hydrogen-bond donors (Lipinski definition) is 0. The van der Waals surface area contributed by atoms with Crippen LogP contribution in [0.15, 0.2) is 58.6 Å². The van der Waals surface area contributed by atoms with Gasteiger partial charge in [0.25, 0.3) is 5.22 Å². The molecule has 0 aliphatic rings. The third kappa shape index (κ3) is 3.06. The molecule has 3 heterocycles. The van der Waals surface area contributed by atoms with Crippen LogP contribution in [0.3, 0.4) is 0 Å². The van der Waals surface area contributed by atoms with Crippen molar-refractivity contribution >= 4 is 29.0 Å². The van der Waals surface area contributed by atoms with Gasteiger partial charge in [-0.05, 0) is 29.8 Å². The van der Waals surface area contributed by atoms with E-state index < -0.39 is 0 Å². The summed E-state index contributed by atoms with van der Waals surface area (Å²) >= 11 is 7.45. The normalized spacial score (nSPS) is 11.2. The molecule has 6 nitrogen and oxygen atoms in total. The highest BCUT2D eigenvalue weighted by atomic mass is 35.5. The van der Waals surface area contributed by atoms with Crippen LogP contribution in [0, 0.1) is 0 Å². The maximum atomic E-state index is 5.98. The number of pyridine rings is 1. The van der Waals surface area contributed by atoms with Crippen LogP contribution in [0.1, 0.15) is 5.56 Å². The second-order valence-corrected chi connectivity index (χ2v) is 6.17. The molecule has 0 amide bonds. The molecule has 8 heteroatoms. The molecular formula is C15H10ClN5OS. The van der Waals surface area contributed by atoms with Gasteiger partial charge in [0.05, 0.1) is 5.56 Å². The molecule has 0 aliphatic carbocycles. The van der Waals surface area contributed by atoms with Gasteiger partial charge in [0.15, 0.2) is 5.65 Å². The first-order valence-electron chi connectivity index (χ1n) is 6.78. The van der Waals surface area contributed by atoms with Crippen molar-refractivity contribution in [3.05, 3.63) is 59.5 Å². The standard InChI is InChI=1S/C15H10ClN5OS/c16-12-3-1-2-10(6-12)8-23-15-20-19-14(22-15)11-4-5-13-18-17-9-21(13)7-11/h1-7,9H,8H2. The monoisotopic (exact) mass is 343 g/mol. The Morgan fingerprint density at radius 1 is 1.13 bits per heavy atom. The molecule has 0 atom stereocenters. The van der Waals surface area contributed by atoms with E-state index in [1.165, 1.54) is 11.8 Å². The van der Waals surface area contributed by atoms with Crippen LogP contribution in [0.2, 0.25) is 5.02 Å². The van der Waals surface area contributed by atoms with Crippen LogP contribution >= 0.6 is 23.4 Å². The van der Waals surface area contributed by atoms with Crippen molar-refractivity contribution in [2.24, 2.45) is 0 Å². The van der Waals surface area contributed by atoms with Crippen molar-refractivity contribution < 1.29 is 4.42 Å². The topological polar surface area (TPSA) is 69.1 Å². The van der Waals surface area contributed by atoms with Crippen molar-refractivity contribution in [2.75, 3.05) is 0 Å². The molecule has 4 rings (SSSR count). The van der Waals surface area contributed by atoms with E-state index in [1.807, 2.05) is 42.6 Å². The number of benzene rings is 1. The smallest absolute Gasteiger partial charge is 0.277 e. The molecule has 23 heavy (non-hydrogen) atoms. The Morgan fingerprint density at radius 2 is 2.09 bits per heavy atom. The molecule has 0 saturated heterocycles. The zero-order valence-electron chi connectivity index (χ0n) is 11.8. The van der Waals surface area contributed by atoms with Crippen LogP contribution in [-0.4, -0.2) is 24.8 Å². The molecule has 114 valence electrons. The van der Waals surface area contributed by atoms with Gasteiger partial charge in [-0.2, -0.15) is 0 Å². The second kappa shape index (κ2) is 6.02. The summed E-state index contributed by atoms with van der Waals surface area (Å²) in [5.41, 5.74) is 2.69. The minimum absolute atomic E-state index is 0.467. The van der Waals surface area contributed by atoms with Crippen molar-refractivity contribution in [1.82, 2.24) is 24.8 Å². The van der Waals surface area contributed by atoms with E-state index in [0.29, 0.717) is 16.9 Å². The highest BCUT2D eigenvalue weighted by Crippen LogP contribution is 2.26. The summed E-state index contributed by atoms with van der Waals surface area (Å²) < 4.78 is 7.50. The third-order valence-electron chi connectivity index (χ3n) is 3.20. The first-order valence-corrected chi connectivity index (χ1v) is 8.15. The average molecular weight is 344 g/mol. The Balaban J connectivity index is 1.52. The predicted molar refractivity (Wildman–Crippen MR) is 87.3 cm³/mol. The fraction of sp³-hybridized carbons (Fsp3) is 0.0667. The molecule has 0 unspecified atom stereocenters. The Hall–Kier alpha value is -2.38. The summed E-state index contributed by atoms with van der Waals surface area (Å²) in [4.78, 5) is 0. The number of hydrogen-bond acceptors (Lipinski definition) is 6. The van der Waals surface area contributed by atoms with Gasteiger partial charge in [-0.25, -0.2) is 0 Å². The molecule has 0 spiro atoms. The quantitative estimate of drug-likeness (QED) is 0.526. The largest absolute Gasteiger partial charge is 0.411 e. The summed E-state index contributed by atoms with van der Waals surface area (Å²) in [5, 5.41) is 17.2. The van der Waals surface area contributed by atoms with Crippen LogP contribution in [0.25, 0.3) is 17.1 Å². The van der Waals surface area contributed by atoms with Gasteiger partial charge in [-0.3, -0.25) is 4.40 Å². The van der Waals surface area contributed by atoms with Crippen LogP contribution in [0.4, 0.5) is 0 Å². The summed E-state index contributed by atoms with van der Waals surface area (Å²) in [6.45, 7) is 0. The molecule has 0 fully saturated rings. The van der Waals surface area contributed by atoms with Gasteiger partial charge in [0.1, 0.15) is 6.33 Å². The summed E-state index contributed by atoms with van der Waals surface area (Å²) in [6.07, 6.45) is 3.48. The van der Waals surface area contributed by atoms with E-state index in [9.17, 15) is 0 Å². The molecule has 0 aliphatic heterocycles. The van der Waals surface area contributed by atoms with Gasteiger partial charge in [-0.1, -0.05) is 35.5 Å². The molecular weight excluding hydrogens is 334 g/mol. The Morgan fingerprint density at radius 3 is 3.00 bits per heavy atom. The number of thioether (sulfide) groups is 1. The summed E-state index contributed by atoms with van der Waals surface area (Å²) in [7, 11) is 0. The SMILES string of the molecule is Clc1cccc(CSc2nnc(-c3ccc4nncn4c3)o2)c1. The lowest BCUT2D eigenvalue weighted by Crippen LogP contribution is -1.85. The van der Waals surface area contributed by atoms with Crippen LogP contribution < -0.4 is 0 Å². The van der Waals surface area contributed by atoms with E-state index in [2.05, 4.69) is 20.4 Å². The van der Waals surface area contributed by atoms with Gasteiger partial charge < -0.3 is 4.42 Å².